The Kier molecular flexibility index (Phi) is 5.33. The van der Waals surface area contributed by atoms with Crippen LogP contribution in [-0.4, -0.2) is 36.4 Å². The van der Waals surface area contributed by atoms with Gasteiger partial charge in [0.1, 0.15) is 5.75 Å². The lowest BCUT2D eigenvalue weighted by molar-refractivity contribution is -0.142. The number of hydrogen-bond donors (Lipinski definition) is 1. The van der Waals surface area contributed by atoms with Gasteiger partial charge in [0.05, 0.1) is 0 Å². The van der Waals surface area contributed by atoms with Crippen LogP contribution in [0, 0.1) is 0 Å². The summed E-state index contributed by atoms with van der Waals surface area (Å²) >= 11 is 0. The van der Waals surface area contributed by atoms with Crippen LogP contribution in [0.1, 0.15) is 28.8 Å². The maximum absolute atomic E-state index is 12.7. The molecular formula is C20H22N2O3. The molecule has 0 bridgehead atoms. The summed E-state index contributed by atoms with van der Waals surface area (Å²) in [5.74, 6) is 0.479. The molecule has 2 amide bonds. The van der Waals surface area contributed by atoms with Crippen LogP contribution in [0.15, 0.2) is 54.6 Å². The highest BCUT2D eigenvalue weighted by Crippen LogP contribution is 2.21. The second kappa shape index (κ2) is 7.83. The van der Waals surface area contributed by atoms with Crippen molar-refractivity contribution in [3.05, 3.63) is 65.7 Å². The van der Waals surface area contributed by atoms with Crippen LogP contribution in [0.4, 0.5) is 0 Å². The van der Waals surface area contributed by atoms with Gasteiger partial charge < -0.3 is 15.0 Å². The minimum atomic E-state index is -0.469. The highest BCUT2D eigenvalue weighted by molar-refractivity contribution is 5.94. The molecule has 2 aromatic carbocycles. The molecule has 1 aliphatic heterocycles. The van der Waals surface area contributed by atoms with Gasteiger partial charge in [-0.25, -0.2) is 0 Å². The average molecular weight is 338 g/mol. The molecule has 0 spiro atoms. The fourth-order valence-corrected chi connectivity index (χ4v) is 2.97. The van der Waals surface area contributed by atoms with Gasteiger partial charge in [0.2, 0.25) is 0 Å². The highest BCUT2D eigenvalue weighted by atomic mass is 16.5. The van der Waals surface area contributed by atoms with E-state index < -0.39 is 6.10 Å². The van der Waals surface area contributed by atoms with E-state index in [0.717, 1.165) is 18.5 Å². The van der Waals surface area contributed by atoms with Crippen molar-refractivity contribution >= 4 is 11.8 Å². The molecule has 0 aromatic heterocycles. The Bertz CT molecular complexity index is 728. The SMILES string of the molecule is CNC(=O)c1ccc(OC2CCCN(Cc3ccccc3)C2=O)cc1. The number of nitrogens with one attached hydrogen (secondary N) is 1. The summed E-state index contributed by atoms with van der Waals surface area (Å²) in [7, 11) is 1.59. The van der Waals surface area contributed by atoms with E-state index in [0.29, 0.717) is 24.3 Å². The molecule has 1 atom stereocenters. The van der Waals surface area contributed by atoms with E-state index in [-0.39, 0.29) is 11.8 Å². The first kappa shape index (κ1) is 17.0. The van der Waals surface area contributed by atoms with Gasteiger partial charge in [-0.05, 0) is 42.7 Å². The zero-order valence-corrected chi connectivity index (χ0v) is 14.3. The van der Waals surface area contributed by atoms with Crippen molar-refractivity contribution in [1.82, 2.24) is 10.2 Å². The van der Waals surface area contributed by atoms with E-state index in [4.69, 9.17) is 4.74 Å². The van der Waals surface area contributed by atoms with E-state index in [1.165, 1.54) is 0 Å². The molecular weight excluding hydrogens is 316 g/mol. The minimum absolute atomic E-state index is 0.0190. The number of rotatable bonds is 5. The van der Waals surface area contributed by atoms with Gasteiger partial charge in [0.25, 0.3) is 11.8 Å². The third-order valence-corrected chi connectivity index (χ3v) is 4.32. The molecule has 1 heterocycles. The smallest absolute Gasteiger partial charge is 0.263 e. The predicted molar refractivity (Wildman–Crippen MR) is 95.3 cm³/mol. The first-order chi connectivity index (χ1) is 12.2. The van der Waals surface area contributed by atoms with Crippen LogP contribution in [0.2, 0.25) is 0 Å². The zero-order chi connectivity index (χ0) is 17.6. The lowest BCUT2D eigenvalue weighted by atomic mass is 10.1. The summed E-state index contributed by atoms with van der Waals surface area (Å²) in [5, 5.41) is 2.58. The molecule has 1 N–H and O–H groups in total. The van der Waals surface area contributed by atoms with Crippen LogP contribution < -0.4 is 10.1 Å². The van der Waals surface area contributed by atoms with E-state index in [1.807, 2.05) is 35.2 Å². The number of carbonyl (C=O) groups excluding carboxylic acids is 2. The fraction of sp³-hybridized carbons (Fsp3) is 0.300. The number of nitrogens with zero attached hydrogens (tertiary/aromatic N) is 1. The third kappa shape index (κ3) is 4.18. The molecule has 0 aliphatic carbocycles. The molecule has 1 fully saturated rings. The molecule has 130 valence electrons. The lowest BCUT2D eigenvalue weighted by Crippen LogP contribution is -2.46. The number of ether oxygens (including phenoxy) is 1. The van der Waals surface area contributed by atoms with Crippen molar-refractivity contribution in [3.8, 4) is 5.75 Å². The largest absolute Gasteiger partial charge is 0.481 e. The van der Waals surface area contributed by atoms with Gasteiger partial charge in [-0.2, -0.15) is 0 Å². The van der Waals surface area contributed by atoms with Crippen molar-refractivity contribution in [2.45, 2.75) is 25.5 Å². The molecule has 5 nitrogen and oxygen atoms in total. The van der Waals surface area contributed by atoms with Crippen molar-refractivity contribution in [1.29, 1.82) is 0 Å². The van der Waals surface area contributed by atoms with Crippen molar-refractivity contribution in [2.75, 3.05) is 13.6 Å². The summed E-state index contributed by atoms with van der Waals surface area (Å²) in [6, 6.07) is 16.8. The Labute approximate surface area is 147 Å². The summed E-state index contributed by atoms with van der Waals surface area (Å²) < 4.78 is 5.88. The van der Waals surface area contributed by atoms with E-state index in [1.54, 1.807) is 31.3 Å². The Morgan fingerprint density at radius 2 is 1.88 bits per heavy atom. The predicted octanol–water partition coefficient (Wildman–Crippen LogP) is 2.62. The number of carbonyl (C=O) groups is 2. The molecule has 0 radical (unpaired) electrons. The topological polar surface area (TPSA) is 58.6 Å². The summed E-state index contributed by atoms with van der Waals surface area (Å²) in [6.07, 6.45) is 1.16. The van der Waals surface area contributed by atoms with Crippen LogP contribution in [0.25, 0.3) is 0 Å². The van der Waals surface area contributed by atoms with Gasteiger partial charge in [-0.1, -0.05) is 30.3 Å². The van der Waals surface area contributed by atoms with Crippen molar-refractivity contribution in [2.24, 2.45) is 0 Å². The zero-order valence-electron chi connectivity index (χ0n) is 14.3. The number of hydrogen-bond acceptors (Lipinski definition) is 3. The first-order valence-electron chi connectivity index (χ1n) is 8.49. The molecule has 1 saturated heterocycles. The molecule has 3 rings (SSSR count). The van der Waals surface area contributed by atoms with E-state index in [9.17, 15) is 9.59 Å². The maximum atomic E-state index is 12.7. The van der Waals surface area contributed by atoms with Crippen LogP contribution in [0.5, 0.6) is 5.75 Å². The van der Waals surface area contributed by atoms with Crippen molar-refractivity contribution < 1.29 is 14.3 Å². The summed E-state index contributed by atoms with van der Waals surface area (Å²) in [6.45, 7) is 1.36. The number of piperidine rings is 1. The summed E-state index contributed by atoms with van der Waals surface area (Å²) in [5.41, 5.74) is 1.68. The van der Waals surface area contributed by atoms with Crippen molar-refractivity contribution in [3.63, 3.8) is 0 Å². The average Bonchev–Trinajstić information content (AvgIpc) is 2.66. The second-order valence-electron chi connectivity index (χ2n) is 6.10. The molecule has 5 heteroatoms. The Hall–Kier alpha value is -2.82. The number of amides is 2. The lowest BCUT2D eigenvalue weighted by Gasteiger charge is -2.32. The van der Waals surface area contributed by atoms with Gasteiger partial charge >= 0.3 is 0 Å². The monoisotopic (exact) mass is 338 g/mol. The normalized spacial score (nSPS) is 17.2. The third-order valence-electron chi connectivity index (χ3n) is 4.32. The van der Waals surface area contributed by atoms with Crippen LogP contribution in [0.3, 0.4) is 0 Å². The number of benzene rings is 2. The van der Waals surface area contributed by atoms with E-state index >= 15 is 0 Å². The highest BCUT2D eigenvalue weighted by Gasteiger charge is 2.30. The quantitative estimate of drug-likeness (QED) is 0.912. The molecule has 1 unspecified atom stereocenters. The maximum Gasteiger partial charge on any atom is 0.263 e. The van der Waals surface area contributed by atoms with Gasteiger partial charge in [-0.3, -0.25) is 9.59 Å². The molecule has 0 saturated carbocycles. The van der Waals surface area contributed by atoms with Crippen LogP contribution in [-0.2, 0) is 11.3 Å². The summed E-state index contributed by atoms with van der Waals surface area (Å²) in [4.78, 5) is 26.1. The Balaban J connectivity index is 1.64. The van der Waals surface area contributed by atoms with Gasteiger partial charge in [-0.15, -0.1) is 0 Å². The van der Waals surface area contributed by atoms with Crippen LogP contribution >= 0.6 is 0 Å². The fourth-order valence-electron chi connectivity index (χ4n) is 2.97. The van der Waals surface area contributed by atoms with Gasteiger partial charge in [0.15, 0.2) is 6.10 Å². The Morgan fingerprint density at radius 3 is 2.56 bits per heavy atom. The van der Waals surface area contributed by atoms with Gasteiger partial charge in [0, 0.05) is 25.7 Å². The van der Waals surface area contributed by atoms with E-state index in [2.05, 4.69) is 5.32 Å². The second-order valence-corrected chi connectivity index (χ2v) is 6.10. The first-order valence-corrected chi connectivity index (χ1v) is 8.49. The molecule has 2 aromatic rings. The molecule has 1 aliphatic rings. The molecule has 25 heavy (non-hydrogen) atoms. The Morgan fingerprint density at radius 1 is 1.16 bits per heavy atom. The minimum Gasteiger partial charge on any atom is -0.481 e. The standard InChI is InChI=1S/C20H22N2O3/c1-21-19(23)16-9-11-17(12-10-16)25-18-8-5-13-22(20(18)24)14-15-6-3-2-4-7-15/h2-4,6-7,9-12,18H,5,8,13-14H2,1H3,(H,21,23). The number of likely N-dealkylation sites (tertiary alicyclic amines) is 1.